The Morgan fingerprint density at radius 1 is 1.15 bits per heavy atom. The second-order valence-corrected chi connectivity index (χ2v) is 7.67. The molecule has 180 valence electrons. The summed E-state index contributed by atoms with van der Waals surface area (Å²) in [5.41, 5.74) is 0.795. The van der Waals surface area contributed by atoms with Crippen LogP contribution in [0.15, 0.2) is 36.4 Å². The minimum absolute atomic E-state index is 0.0844. The molecule has 0 bridgehead atoms. The summed E-state index contributed by atoms with van der Waals surface area (Å²) in [6.45, 7) is 0.0263. The monoisotopic (exact) mass is 478 g/mol. The Kier molecular flexibility index (Phi) is 7.14. The first-order valence-electron chi connectivity index (χ1n) is 10.1. The molecule has 11 heteroatoms. The van der Waals surface area contributed by atoms with Gasteiger partial charge in [0.05, 0.1) is 18.4 Å². The molecule has 1 heterocycles. The molecule has 0 radical (unpaired) electrons. The summed E-state index contributed by atoms with van der Waals surface area (Å²) in [5, 5.41) is 21.5. The number of carbonyl (C=O) groups is 3. The van der Waals surface area contributed by atoms with Gasteiger partial charge in [-0.15, -0.1) is 0 Å². The summed E-state index contributed by atoms with van der Waals surface area (Å²) in [4.78, 5) is 36.6. The number of hydrogen-bond donors (Lipinski definition) is 3. The third-order valence-electron chi connectivity index (χ3n) is 5.16. The highest BCUT2D eigenvalue weighted by Gasteiger charge is 2.24. The highest BCUT2D eigenvalue weighted by Crippen LogP contribution is 2.32. The number of phenolic OH excluding ortho intramolecular Hbond substituents is 1. The second-order valence-electron chi connectivity index (χ2n) is 7.67. The van der Waals surface area contributed by atoms with Crippen molar-refractivity contribution in [2.24, 2.45) is 0 Å². The zero-order valence-corrected chi connectivity index (χ0v) is 18.1. The van der Waals surface area contributed by atoms with E-state index in [0.717, 1.165) is 16.7 Å². The molecule has 0 aliphatic rings. The predicted molar refractivity (Wildman–Crippen MR) is 115 cm³/mol. The van der Waals surface area contributed by atoms with Crippen molar-refractivity contribution in [2.75, 3.05) is 0 Å². The van der Waals surface area contributed by atoms with Crippen LogP contribution in [0.5, 0.6) is 11.5 Å². The van der Waals surface area contributed by atoms with Gasteiger partial charge in [0.25, 0.3) is 5.91 Å². The number of rotatable bonds is 8. The van der Waals surface area contributed by atoms with Crippen LogP contribution in [0.1, 0.15) is 35.0 Å². The number of alkyl halides is 2. The number of benzene rings is 2. The minimum atomic E-state index is -3.03. The van der Waals surface area contributed by atoms with Crippen LogP contribution in [-0.2, 0) is 16.0 Å². The summed E-state index contributed by atoms with van der Waals surface area (Å²) in [6, 6.07) is 6.31. The van der Waals surface area contributed by atoms with Gasteiger partial charge >= 0.3 is 12.6 Å². The van der Waals surface area contributed by atoms with E-state index in [1.165, 1.54) is 38.1 Å². The van der Waals surface area contributed by atoms with E-state index in [1.807, 2.05) is 0 Å². The Morgan fingerprint density at radius 2 is 1.79 bits per heavy atom. The number of hydrogen-bond acceptors (Lipinski definition) is 5. The minimum Gasteiger partial charge on any atom is -0.505 e. The molecule has 0 spiro atoms. The van der Waals surface area contributed by atoms with E-state index < -0.39 is 42.0 Å². The van der Waals surface area contributed by atoms with Crippen LogP contribution in [-0.4, -0.2) is 45.2 Å². The fourth-order valence-electron chi connectivity index (χ4n) is 3.68. The number of aliphatic carboxylic acids is 1. The number of carbonyl (C=O) groups excluding carboxylic acids is 2. The highest BCUT2D eigenvalue weighted by molar-refractivity contribution is 6.05. The number of carboxylic acids is 1. The third kappa shape index (κ3) is 5.30. The molecular weight excluding hydrogens is 457 g/mol. The summed E-state index contributed by atoms with van der Waals surface area (Å²) in [7, 11) is 0. The zero-order chi connectivity index (χ0) is 25.2. The normalized spacial score (nSPS) is 12.1. The number of nitrogens with zero attached hydrogens (tertiary/aromatic N) is 1. The van der Waals surface area contributed by atoms with Crippen molar-refractivity contribution in [3.05, 3.63) is 59.0 Å². The zero-order valence-electron chi connectivity index (χ0n) is 18.1. The Hall–Kier alpha value is -4.02. The molecule has 0 fully saturated rings. The van der Waals surface area contributed by atoms with Gasteiger partial charge in [-0.05, 0) is 49.7 Å². The summed E-state index contributed by atoms with van der Waals surface area (Å²) >= 11 is 0. The summed E-state index contributed by atoms with van der Waals surface area (Å²) in [6.07, 6.45) is -0.555. The van der Waals surface area contributed by atoms with Crippen LogP contribution in [0.3, 0.4) is 0 Å². The van der Waals surface area contributed by atoms with Gasteiger partial charge in [-0.2, -0.15) is 8.78 Å². The van der Waals surface area contributed by atoms with Gasteiger partial charge in [0.15, 0.2) is 11.6 Å². The van der Waals surface area contributed by atoms with Crippen LogP contribution < -0.4 is 10.1 Å². The molecule has 8 nitrogen and oxygen atoms in total. The van der Waals surface area contributed by atoms with Crippen LogP contribution in [0.2, 0.25) is 0 Å². The summed E-state index contributed by atoms with van der Waals surface area (Å²) < 4.78 is 44.4. The molecule has 1 aromatic heterocycles. The number of fused-ring (bicyclic) bond motifs is 1. The average Bonchev–Trinajstić information content (AvgIpc) is 2.98. The van der Waals surface area contributed by atoms with Gasteiger partial charge < -0.3 is 20.3 Å². The van der Waals surface area contributed by atoms with Crippen molar-refractivity contribution in [3.8, 4) is 11.5 Å². The van der Waals surface area contributed by atoms with Crippen LogP contribution in [0, 0.1) is 12.7 Å². The van der Waals surface area contributed by atoms with Crippen molar-refractivity contribution in [1.29, 1.82) is 0 Å². The quantitative estimate of drug-likeness (QED) is 0.455. The molecule has 3 N–H and O–H groups in total. The molecule has 1 unspecified atom stereocenters. The standard InChI is InChI=1S/C23H21F3N2O6/c1-11(7-21(31)32)27-20(30)9-15-12(2)28(18-10-17(24)19(29)8-16(15)18)22(33)13-3-5-14(6-4-13)34-23(25)26/h3-6,8,10-11,23,29H,7,9H2,1-2H3,(H,27,30)(H,31,32). The molecule has 1 amide bonds. The number of nitrogens with one attached hydrogen (secondary N) is 1. The Bertz CT molecular complexity index is 1250. The molecule has 0 aliphatic heterocycles. The van der Waals surface area contributed by atoms with E-state index in [1.54, 1.807) is 0 Å². The molecule has 0 aliphatic carbocycles. The van der Waals surface area contributed by atoms with E-state index in [2.05, 4.69) is 10.1 Å². The van der Waals surface area contributed by atoms with E-state index in [-0.39, 0.29) is 35.1 Å². The van der Waals surface area contributed by atoms with Crippen LogP contribution in [0.4, 0.5) is 13.2 Å². The highest BCUT2D eigenvalue weighted by atomic mass is 19.3. The van der Waals surface area contributed by atoms with Crippen molar-refractivity contribution >= 4 is 28.7 Å². The third-order valence-corrected chi connectivity index (χ3v) is 5.16. The molecule has 0 saturated carbocycles. The maximum atomic E-state index is 14.2. The molecule has 3 aromatic rings. The Balaban J connectivity index is 2.01. The number of halogens is 3. The lowest BCUT2D eigenvalue weighted by Crippen LogP contribution is -2.35. The summed E-state index contributed by atoms with van der Waals surface area (Å²) in [5.74, 6) is -4.04. The first-order valence-corrected chi connectivity index (χ1v) is 10.1. The smallest absolute Gasteiger partial charge is 0.387 e. The first kappa shape index (κ1) is 24.6. The topological polar surface area (TPSA) is 118 Å². The van der Waals surface area contributed by atoms with E-state index in [4.69, 9.17) is 5.11 Å². The lowest BCUT2D eigenvalue weighted by molar-refractivity contribution is -0.137. The Morgan fingerprint density at radius 3 is 2.38 bits per heavy atom. The molecule has 1 atom stereocenters. The van der Waals surface area contributed by atoms with Crippen molar-refractivity contribution in [1.82, 2.24) is 9.88 Å². The van der Waals surface area contributed by atoms with Gasteiger partial charge in [0.1, 0.15) is 5.75 Å². The van der Waals surface area contributed by atoms with Crippen molar-refractivity contribution in [3.63, 3.8) is 0 Å². The van der Waals surface area contributed by atoms with E-state index in [0.29, 0.717) is 11.3 Å². The number of aromatic nitrogens is 1. The SMILES string of the molecule is Cc1c(CC(=O)NC(C)CC(=O)O)c2cc(O)c(F)cc2n1C(=O)c1ccc(OC(F)F)cc1. The van der Waals surface area contributed by atoms with Gasteiger partial charge in [0, 0.05) is 28.8 Å². The molecule has 34 heavy (non-hydrogen) atoms. The largest absolute Gasteiger partial charge is 0.505 e. The first-order chi connectivity index (χ1) is 16.0. The fraction of sp³-hybridized carbons (Fsp3) is 0.261. The van der Waals surface area contributed by atoms with E-state index in [9.17, 15) is 32.7 Å². The molecular formula is C23H21F3N2O6. The average molecular weight is 478 g/mol. The number of phenols is 1. The second kappa shape index (κ2) is 9.86. The lowest BCUT2D eigenvalue weighted by Gasteiger charge is -2.12. The number of ether oxygens (including phenoxy) is 1. The maximum absolute atomic E-state index is 14.2. The van der Waals surface area contributed by atoms with Gasteiger partial charge in [-0.1, -0.05) is 0 Å². The predicted octanol–water partition coefficient (Wildman–Crippen LogP) is 3.61. The van der Waals surface area contributed by atoms with Crippen LogP contribution in [0.25, 0.3) is 10.9 Å². The lowest BCUT2D eigenvalue weighted by atomic mass is 10.1. The number of amides is 1. The molecule has 0 saturated heterocycles. The Labute approximate surface area is 191 Å². The van der Waals surface area contributed by atoms with Crippen molar-refractivity contribution in [2.45, 2.75) is 39.3 Å². The number of carboxylic acid groups (broad SMARTS) is 1. The number of aromatic hydroxyl groups is 1. The molecule has 3 rings (SSSR count). The van der Waals surface area contributed by atoms with Gasteiger partial charge in [-0.3, -0.25) is 19.0 Å². The maximum Gasteiger partial charge on any atom is 0.387 e. The van der Waals surface area contributed by atoms with Crippen LogP contribution >= 0.6 is 0 Å². The van der Waals surface area contributed by atoms with Gasteiger partial charge in [0.2, 0.25) is 5.91 Å². The van der Waals surface area contributed by atoms with Crippen molar-refractivity contribution < 1.29 is 42.5 Å². The van der Waals surface area contributed by atoms with Gasteiger partial charge in [-0.25, -0.2) is 4.39 Å². The molecule has 2 aromatic carbocycles. The van der Waals surface area contributed by atoms with E-state index >= 15 is 0 Å². The fourth-order valence-corrected chi connectivity index (χ4v) is 3.68.